The second kappa shape index (κ2) is 10.1. The van der Waals surface area contributed by atoms with Crippen LogP contribution in [0.25, 0.3) is 10.9 Å². The molecule has 1 heterocycles. The lowest BCUT2D eigenvalue weighted by molar-refractivity contribution is -0.142. The number of esters is 1. The predicted octanol–water partition coefficient (Wildman–Crippen LogP) is 4.38. The lowest BCUT2D eigenvalue weighted by Gasteiger charge is -2.13. The number of rotatable bonds is 7. The SMILES string of the molecule is COC(=O)COc1c(Cl)cc(C=Nn2c(C(C)C)nc3ccc(Br)cc3c2=O)cc1OC. The molecule has 2 aromatic carbocycles. The van der Waals surface area contributed by atoms with Crippen LogP contribution in [0.1, 0.15) is 31.2 Å². The number of nitrogens with zero attached hydrogens (tertiary/aromatic N) is 3. The first-order valence-electron chi connectivity index (χ1n) is 9.58. The minimum absolute atomic E-state index is 0.0416. The van der Waals surface area contributed by atoms with E-state index in [9.17, 15) is 9.59 Å². The highest BCUT2D eigenvalue weighted by molar-refractivity contribution is 9.10. The van der Waals surface area contributed by atoms with E-state index >= 15 is 0 Å². The van der Waals surface area contributed by atoms with Crippen LogP contribution in [0, 0.1) is 0 Å². The Bertz CT molecular complexity index is 1260. The Labute approximate surface area is 197 Å². The van der Waals surface area contributed by atoms with Crippen molar-refractivity contribution < 1.29 is 19.0 Å². The third-order valence-electron chi connectivity index (χ3n) is 4.49. The van der Waals surface area contributed by atoms with Gasteiger partial charge in [-0.1, -0.05) is 41.4 Å². The summed E-state index contributed by atoms with van der Waals surface area (Å²) in [6, 6.07) is 8.57. The third-order valence-corrected chi connectivity index (χ3v) is 5.26. The van der Waals surface area contributed by atoms with Gasteiger partial charge >= 0.3 is 5.97 Å². The van der Waals surface area contributed by atoms with Crippen LogP contribution in [-0.4, -0.2) is 42.7 Å². The van der Waals surface area contributed by atoms with Gasteiger partial charge in [-0.2, -0.15) is 9.78 Å². The van der Waals surface area contributed by atoms with Crippen LogP contribution in [-0.2, 0) is 9.53 Å². The maximum Gasteiger partial charge on any atom is 0.343 e. The van der Waals surface area contributed by atoms with Crippen molar-refractivity contribution in [1.29, 1.82) is 0 Å². The van der Waals surface area contributed by atoms with Crippen molar-refractivity contribution >= 4 is 50.6 Å². The van der Waals surface area contributed by atoms with Gasteiger partial charge in [0.05, 0.1) is 36.4 Å². The van der Waals surface area contributed by atoms with Crippen LogP contribution >= 0.6 is 27.5 Å². The summed E-state index contributed by atoms with van der Waals surface area (Å²) in [5.74, 6) is 0.441. The van der Waals surface area contributed by atoms with Gasteiger partial charge < -0.3 is 14.2 Å². The highest BCUT2D eigenvalue weighted by Gasteiger charge is 2.16. The summed E-state index contributed by atoms with van der Waals surface area (Å²) < 4.78 is 17.4. The van der Waals surface area contributed by atoms with E-state index in [0.29, 0.717) is 28.0 Å². The van der Waals surface area contributed by atoms with E-state index in [1.54, 1.807) is 24.3 Å². The van der Waals surface area contributed by atoms with Gasteiger partial charge in [0.25, 0.3) is 5.56 Å². The molecule has 0 unspecified atom stereocenters. The Morgan fingerprint density at radius 3 is 2.69 bits per heavy atom. The zero-order chi connectivity index (χ0) is 23.4. The molecule has 0 spiro atoms. The van der Waals surface area contributed by atoms with E-state index in [4.69, 9.17) is 21.1 Å². The number of hydrogen-bond acceptors (Lipinski definition) is 7. The molecule has 0 saturated heterocycles. The normalized spacial score (nSPS) is 11.3. The Hall–Kier alpha value is -2.91. The molecule has 0 saturated carbocycles. The molecular formula is C22H21BrClN3O5. The van der Waals surface area contributed by atoms with Gasteiger partial charge in [0, 0.05) is 10.4 Å². The number of ether oxygens (including phenoxy) is 3. The largest absolute Gasteiger partial charge is 0.493 e. The van der Waals surface area contributed by atoms with E-state index in [1.165, 1.54) is 25.1 Å². The number of benzene rings is 2. The van der Waals surface area contributed by atoms with Crippen molar-refractivity contribution in [3.63, 3.8) is 0 Å². The monoisotopic (exact) mass is 521 g/mol. The first-order valence-corrected chi connectivity index (χ1v) is 10.8. The molecule has 0 radical (unpaired) electrons. The van der Waals surface area contributed by atoms with Crippen LogP contribution in [0.5, 0.6) is 11.5 Å². The fraction of sp³-hybridized carbons (Fsp3) is 0.273. The van der Waals surface area contributed by atoms with Crippen LogP contribution in [0.15, 0.2) is 44.7 Å². The molecule has 0 aliphatic carbocycles. The molecule has 8 nitrogen and oxygen atoms in total. The summed E-state index contributed by atoms with van der Waals surface area (Å²) >= 11 is 9.71. The number of halogens is 2. The maximum atomic E-state index is 13.1. The van der Waals surface area contributed by atoms with Crippen molar-refractivity contribution in [2.24, 2.45) is 5.10 Å². The van der Waals surface area contributed by atoms with Crippen LogP contribution in [0.3, 0.4) is 0 Å². The van der Waals surface area contributed by atoms with Gasteiger partial charge in [-0.15, -0.1) is 0 Å². The maximum absolute atomic E-state index is 13.1. The van der Waals surface area contributed by atoms with Gasteiger partial charge in [0.1, 0.15) is 5.82 Å². The molecule has 0 aliphatic rings. The average molecular weight is 523 g/mol. The summed E-state index contributed by atoms with van der Waals surface area (Å²) in [7, 11) is 2.71. The molecule has 10 heteroatoms. The molecule has 0 fully saturated rings. The van der Waals surface area contributed by atoms with E-state index in [2.05, 4.69) is 30.8 Å². The van der Waals surface area contributed by atoms with Crippen LogP contribution in [0.4, 0.5) is 0 Å². The van der Waals surface area contributed by atoms with Crippen molar-refractivity contribution in [2.75, 3.05) is 20.8 Å². The molecule has 168 valence electrons. The average Bonchev–Trinajstić information content (AvgIpc) is 2.77. The van der Waals surface area contributed by atoms with E-state index in [0.717, 1.165) is 4.47 Å². The second-order valence-corrected chi connectivity index (χ2v) is 8.37. The highest BCUT2D eigenvalue weighted by Crippen LogP contribution is 2.36. The number of methoxy groups -OCH3 is 2. The Balaban J connectivity index is 2.04. The summed E-state index contributed by atoms with van der Waals surface area (Å²) in [5, 5.41) is 5.04. The lowest BCUT2D eigenvalue weighted by atomic mass is 10.2. The molecule has 0 N–H and O–H groups in total. The van der Waals surface area contributed by atoms with Gasteiger partial charge in [0.2, 0.25) is 0 Å². The minimum Gasteiger partial charge on any atom is -0.493 e. The Kier molecular flexibility index (Phi) is 7.52. The molecular weight excluding hydrogens is 502 g/mol. The second-order valence-electron chi connectivity index (χ2n) is 7.05. The van der Waals surface area contributed by atoms with Crippen molar-refractivity contribution in [3.8, 4) is 11.5 Å². The zero-order valence-electron chi connectivity index (χ0n) is 17.9. The minimum atomic E-state index is -0.551. The quantitative estimate of drug-likeness (QED) is 0.338. The molecule has 32 heavy (non-hydrogen) atoms. The standard InChI is InChI=1S/C22H21BrClN3O5/c1-12(2)21-26-17-6-5-14(23)9-15(17)22(29)27(21)25-10-13-7-16(24)20(18(8-13)30-3)32-11-19(28)31-4/h5-10,12H,11H2,1-4H3. The summed E-state index contributed by atoms with van der Waals surface area (Å²) in [6.07, 6.45) is 1.48. The molecule has 0 amide bonds. The third kappa shape index (κ3) is 5.11. The highest BCUT2D eigenvalue weighted by atomic mass is 79.9. The fourth-order valence-electron chi connectivity index (χ4n) is 2.92. The van der Waals surface area contributed by atoms with Crippen LogP contribution < -0.4 is 15.0 Å². The van der Waals surface area contributed by atoms with Crippen molar-refractivity contribution in [1.82, 2.24) is 9.66 Å². The van der Waals surface area contributed by atoms with Gasteiger partial charge in [-0.25, -0.2) is 9.78 Å². The number of carbonyl (C=O) groups is 1. The summed E-state index contributed by atoms with van der Waals surface area (Å²) in [4.78, 5) is 29.1. The van der Waals surface area contributed by atoms with E-state index in [-0.39, 0.29) is 28.9 Å². The zero-order valence-corrected chi connectivity index (χ0v) is 20.2. The summed E-state index contributed by atoms with van der Waals surface area (Å²) in [5.41, 5.74) is 0.880. The van der Waals surface area contributed by atoms with Crippen LogP contribution in [0.2, 0.25) is 5.02 Å². The molecule has 0 bridgehead atoms. The number of carbonyl (C=O) groups excluding carboxylic acids is 1. The van der Waals surface area contributed by atoms with Crippen molar-refractivity contribution in [2.45, 2.75) is 19.8 Å². The predicted molar refractivity (Wildman–Crippen MR) is 126 cm³/mol. The van der Waals surface area contributed by atoms with E-state index in [1.807, 2.05) is 19.9 Å². The molecule has 3 rings (SSSR count). The van der Waals surface area contributed by atoms with Crippen molar-refractivity contribution in [3.05, 3.63) is 61.6 Å². The van der Waals surface area contributed by atoms with E-state index < -0.39 is 5.97 Å². The van der Waals surface area contributed by atoms with Gasteiger partial charge in [-0.3, -0.25) is 4.79 Å². The van der Waals surface area contributed by atoms with Gasteiger partial charge in [0.15, 0.2) is 18.1 Å². The van der Waals surface area contributed by atoms with Gasteiger partial charge in [-0.05, 0) is 35.9 Å². The molecule has 1 aromatic heterocycles. The molecule has 0 aliphatic heterocycles. The number of hydrogen-bond donors (Lipinski definition) is 0. The fourth-order valence-corrected chi connectivity index (χ4v) is 3.55. The molecule has 0 atom stereocenters. The first-order chi connectivity index (χ1) is 15.2. The molecule has 3 aromatic rings. The Morgan fingerprint density at radius 1 is 1.28 bits per heavy atom. The lowest BCUT2D eigenvalue weighted by Crippen LogP contribution is -2.23. The smallest absolute Gasteiger partial charge is 0.343 e. The Morgan fingerprint density at radius 2 is 2.03 bits per heavy atom. The number of fused-ring (bicyclic) bond motifs is 1. The number of aromatic nitrogens is 2. The first kappa shape index (κ1) is 23.7. The topological polar surface area (TPSA) is 92.0 Å². The summed E-state index contributed by atoms with van der Waals surface area (Å²) in [6.45, 7) is 3.56.